The summed E-state index contributed by atoms with van der Waals surface area (Å²) in [5.74, 6) is -4.68. The average molecular weight is 487 g/mol. The Morgan fingerprint density at radius 3 is 2.79 bits per heavy atom. The number of pyridine rings is 2. The molecule has 5 heterocycles. The highest BCUT2D eigenvalue weighted by molar-refractivity contribution is 6.33. The number of fused-ring (bicyclic) bond motifs is 5. The van der Waals surface area contributed by atoms with Gasteiger partial charge in [-0.1, -0.05) is 17.7 Å². The lowest BCUT2D eigenvalue weighted by atomic mass is 9.91. The number of hydrogen-bond donors (Lipinski definition) is 1. The summed E-state index contributed by atoms with van der Waals surface area (Å²) in [6.07, 6.45) is 2.91. The molecule has 0 spiro atoms. The molecule has 1 fully saturated rings. The molecule has 4 aromatic rings. The van der Waals surface area contributed by atoms with Crippen LogP contribution in [0.4, 0.5) is 23.8 Å². The zero-order valence-electron chi connectivity index (χ0n) is 17.2. The molecule has 12 heteroatoms. The highest BCUT2D eigenvalue weighted by Crippen LogP contribution is 2.54. The minimum absolute atomic E-state index is 0.0334. The lowest BCUT2D eigenvalue weighted by molar-refractivity contribution is -0.0827. The standard InChI is InChI=1S/C22H14ClF3N6O2/c23-13-8-18(28-9-12(13)10-1-2-14-15(7-10)31-34-30-14)29-21(33)32-16-3-4-17(32)22(25,26)19-11(16)5-6-27-20(19)24/h1-2,5-9,16-17H,3-4H2,(H,28,29,33). The molecule has 6 rings (SSSR count). The first kappa shape index (κ1) is 20.8. The van der Waals surface area contributed by atoms with E-state index >= 15 is 8.78 Å². The van der Waals surface area contributed by atoms with Gasteiger partial charge in [0.2, 0.25) is 5.95 Å². The number of nitrogens with zero attached hydrogens (tertiary/aromatic N) is 5. The predicted octanol–water partition coefficient (Wildman–Crippen LogP) is 5.32. The number of hydrogen-bond acceptors (Lipinski definition) is 6. The zero-order valence-corrected chi connectivity index (χ0v) is 17.9. The number of carbonyl (C=O) groups is 1. The van der Waals surface area contributed by atoms with Crippen molar-refractivity contribution in [3.63, 3.8) is 0 Å². The first-order chi connectivity index (χ1) is 16.3. The second-order valence-corrected chi connectivity index (χ2v) is 8.56. The number of rotatable bonds is 2. The van der Waals surface area contributed by atoms with E-state index in [0.717, 1.165) is 11.1 Å². The van der Waals surface area contributed by atoms with E-state index in [1.807, 2.05) is 0 Å². The molecule has 0 saturated carbocycles. The van der Waals surface area contributed by atoms with E-state index in [9.17, 15) is 9.18 Å². The molecule has 2 bridgehead atoms. The Labute approximate surface area is 194 Å². The molecule has 2 aliphatic heterocycles. The third-order valence-electron chi connectivity index (χ3n) is 6.32. The largest absolute Gasteiger partial charge is 0.324 e. The smallest absolute Gasteiger partial charge is 0.308 e. The van der Waals surface area contributed by atoms with Gasteiger partial charge in [0.15, 0.2) is 0 Å². The maximum atomic E-state index is 15.1. The number of aromatic nitrogens is 4. The summed E-state index contributed by atoms with van der Waals surface area (Å²) in [6.45, 7) is 0. The van der Waals surface area contributed by atoms with E-state index in [0.29, 0.717) is 22.2 Å². The van der Waals surface area contributed by atoms with Crippen LogP contribution in [0.2, 0.25) is 5.02 Å². The molecule has 172 valence electrons. The van der Waals surface area contributed by atoms with Crippen LogP contribution in [0, 0.1) is 5.95 Å². The van der Waals surface area contributed by atoms with E-state index in [1.165, 1.54) is 18.3 Å². The van der Waals surface area contributed by atoms with Gasteiger partial charge in [0.1, 0.15) is 22.9 Å². The van der Waals surface area contributed by atoms with Gasteiger partial charge in [-0.2, -0.15) is 13.2 Å². The van der Waals surface area contributed by atoms with E-state index in [-0.39, 0.29) is 29.2 Å². The molecule has 8 nitrogen and oxygen atoms in total. The Morgan fingerprint density at radius 2 is 1.97 bits per heavy atom. The zero-order chi connectivity index (χ0) is 23.6. The number of halogens is 4. The van der Waals surface area contributed by atoms with E-state index in [1.54, 1.807) is 18.2 Å². The quantitative estimate of drug-likeness (QED) is 0.385. The maximum Gasteiger partial charge on any atom is 0.324 e. The van der Waals surface area contributed by atoms with Gasteiger partial charge in [-0.15, -0.1) is 0 Å². The molecular weight excluding hydrogens is 473 g/mol. The number of carbonyl (C=O) groups excluding carboxylic acids is 1. The molecule has 1 aromatic carbocycles. The van der Waals surface area contributed by atoms with Gasteiger partial charge in [-0.05, 0) is 52.5 Å². The van der Waals surface area contributed by atoms with Gasteiger partial charge in [0.05, 0.1) is 16.6 Å². The number of benzene rings is 1. The van der Waals surface area contributed by atoms with Crippen molar-refractivity contribution in [1.82, 2.24) is 25.2 Å². The van der Waals surface area contributed by atoms with Crippen molar-refractivity contribution in [2.45, 2.75) is 30.8 Å². The van der Waals surface area contributed by atoms with Crippen LogP contribution in [-0.2, 0) is 5.92 Å². The van der Waals surface area contributed by atoms with Crippen molar-refractivity contribution in [3.05, 3.63) is 64.8 Å². The number of amides is 2. The van der Waals surface area contributed by atoms with Crippen LogP contribution in [0.15, 0.2) is 47.4 Å². The lowest BCUT2D eigenvalue weighted by Crippen LogP contribution is -2.52. The number of anilines is 1. The van der Waals surface area contributed by atoms with Gasteiger partial charge >= 0.3 is 6.03 Å². The Balaban J connectivity index is 1.28. The van der Waals surface area contributed by atoms with Crippen molar-refractivity contribution in [3.8, 4) is 11.1 Å². The molecular formula is C22H14ClF3N6O2. The van der Waals surface area contributed by atoms with Crippen LogP contribution in [0.3, 0.4) is 0 Å². The minimum atomic E-state index is -3.57. The number of nitrogens with one attached hydrogen (secondary N) is 1. The number of urea groups is 1. The normalized spacial score (nSPS) is 20.4. The van der Waals surface area contributed by atoms with Crippen LogP contribution in [0.5, 0.6) is 0 Å². The lowest BCUT2D eigenvalue weighted by Gasteiger charge is -2.40. The fourth-order valence-corrected chi connectivity index (χ4v) is 5.08. The molecule has 2 amide bonds. The van der Waals surface area contributed by atoms with Crippen LogP contribution >= 0.6 is 11.6 Å². The molecule has 0 aliphatic carbocycles. The Morgan fingerprint density at radius 1 is 1.15 bits per heavy atom. The fourth-order valence-electron chi connectivity index (χ4n) is 4.82. The highest BCUT2D eigenvalue weighted by Gasteiger charge is 2.59. The molecule has 2 unspecified atom stereocenters. The first-order valence-corrected chi connectivity index (χ1v) is 10.7. The van der Waals surface area contributed by atoms with Crippen molar-refractivity contribution in [1.29, 1.82) is 0 Å². The van der Waals surface area contributed by atoms with Crippen LogP contribution in [0.1, 0.15) is 30.0 Å². The fraction of sp³-hybridized carbons (Fsp3) is 0.227. The Hall–Kier alpha value is -3.73. The average Bonchev–Trinajstić information content (AvgIpc) is 3.43. The van der Waals surface area contributed by atoms with Crippen LogP contribution < -0.4 is 5.32 Å². The maximum absolute atomic E-state index is 15.1. The predicted molar refractivity (Wildman–Crippen MR) is 115 cm³/mol. The van der Waals surface area contributed by atoms with Crippen molar-refractivity contribution >= 4 is 34.5 Å². The Bertz CT molecular complexity index is 1460. The number of alkyl halides is 2. The highest BCUT2D eigenvalue weighted by atomic mass is 35.5. The summed E-state index contributed by atoms with van der Waals surface area (Å²) in [5, 5.41) is 10.4. The van der Waals surface area contributed by atoms with Crippen LogP contribution in [0.25, 0.3) is 22.2 Å². The molecule has 0 radical (unpaired) electrons. The van der Waals surface area contributed by atoms with E-state index < -0.39 is 35.5 Å². The summed E-state index contributed by atoms with van der Waals surface area (Å²) in [4.78, 5) is 21.7. The van der Waals surface area contributed by atoms with Crippen molar-refractivity contribution in [2.24, 2.45) is 0 Å². The summed E-state index contributed by atoms with van der Waals surface area (Å²) in [5.41, 5.74) is 1.75. The van der Waals surface area contributed by atoms with Crippen LogP contribution in [-0.4, -0.2) is 37.3 Å². The van der Waals surface area contributed by atoms with Gasteiger partial charge in [0.25, 0.3) is 5.92 Å². The third kappa shape index (κ3) is 3.03. The molecule has 1 saturated heterocycles. The van der Waals surface area contributed by atoms with Gasteiger partial charge in [-0.3, -0.25) is 5.32 Å². The Kier molecular flexibility index (Phi) is 4.53. The van der Waals surface area contributed by atoms with Crippen molar-refractivity contribution < 1.29 is 22.6 Å². The van der Waals surface area contributed by atoms with Gasteiger partial charge in [0, 0.05) is 24.0 Å². The molecule has 1 N–H and O–H groups in total. The summed E-state index contributed by atoms with van der Waals surface area (Å²) < 4.78 is 49.1. The summed E-state index contributed by atoms with van der Waals surface area (Å²) in [7, 11) is 0. The van der Waals surface area contributed by atoms with E-state index in [4.69, 9.17) is 16.2 Å². The van der Waals surface area contributed by atoms with E-state index in [2.05, 4.69) is 25.6 Å². The summed E-state index contributed by atoms with van der Waals surface area (Å²) >= 11 is 6.42. The summed E-state index contributed by atoms with van der Waals surface area (Å²) in [6, 6.07) is 5.05. The van der Waals surface area contributed by atoms with Gasteiger partial charge < -0.3 is 4.90 Å². The monoisotopic (exact) mass is 486 g/mol. The third-order valence-corrected chi connectivity index (χ3v) is 6.63. The minimum Gasteiger partial charge on any atom is -0.308 e. The second kappa shape index (κ2) is 7.39. The molecule has 3 aromatic heterocycles. The topological polar surface area (TPSA) is 97.0 Å². The second-order valence-electron chi connectivity index (χ2n) is 8.15. The molecule has 2 aliphatic rings. The molecule has 2 atom stereocenters. The van der Waals surface area contributed by atoms with Crippen molar-refractivity contribution in [2.75, 3.05) is 5.32 Å². The first-order valence-electron chi connectivity index (χ1n) is 10.3. The van der Waals surface area contributed by atoms with Gasteiger partial charge in [-0.25, -0.2) is 19.4 Å². The SMILES string of the molecule is O=C(Nc1cc(Cl)c(-c2ccc3nonc3c2)cn1)N1C2CCC1C(F)(F)c1c2ccnc1F. The molecule has 34 heavy (non-hydrogen) atoms.